The Hall–Kier alpha value is -0.230. The number of benzene rings is 1. The van der Waals surface area contributed by atoms with E-state index in [0.29, 0.717) is 0 Å². The van der Waals surface area contributed by atoms with Gasteiger partial charge in [0, 0.05) is 13.2 Å². The van der Waals surface area contributed by atoms with Gasteiger partial charge in [0.2, 0.25) is 5.91 Å². The number of rotatable bonds is 6. The molecule has 0 aromatic heterocycles. The van der Waals surface area contributed by atoms with E-state index in [0.717, 1.165) is 45.4 Å². The number of amides is 1. The van der Waals surface area contributed by atoms with Crippen LogP contribution in [0, 0.1) is 0 Å². The van der Waals surface area contributed by atoms with E-state index in [1.165, 1.54) is 6.07 Å². The van der Waals surface area contributed by atoms with Crippen molar-refractivity contribution in [2.75, 3.05) is 31.6 Å². The van der Waals surface area contributed by atoms with Gasteiger partial charge in [-0.15, -0.1) is 0 Å². The smallest absolute Gasteiger partial charge is 0.238 e. The molecular weight excluding hydrogens is 406 g/mol. The molecule has 0 bridgehead atoms. The van der Waals surface area contributed by atoms with Crippen LogP contribution in [0.25, 0.3) is 0 Å². The molecule has 8 heteroatoms. The number of ether oxygens (including phenoxy) is 1. The number of carbonyl (C=O) groups excluding carboxylic acids is 1. The molecule has 0 aliphatic carbocycles. The van der Waals surface area contributed by atoms with E-state index in [-0.39, 0.29) is 44.3 Å². The maximum Gasteiger partial charge on any atom is 0.238 e. The first kappa shape index (κ1) is 21.1. The van der Waals surface area contributed by atoms with Gasteiger partial charge in [0.1, 0.15) is 0 Å². The van der Waals surface area contributed by atoms with Crippen molar-refractivity contribution in [1.82, 2.24) is 4.90 Å². The molecule has 0 radical (unpaired) electrons. The molecule has 1 aromatic rings. The third-order valence-electron chi connectivity index (χ3n) is 4.07. The number of nitrogens with zero attached hydrogens (tertiary/aromatic N) is 1. The van der Waals surface area contributed by atoms with Gasteiger partial charge in [0.15, 0.2) is 0 Å². The number of hydrogen-bond acceptors (Lipinski definition) is 3. The van der Waals surface area contributed by atoms with Gasteiger partial charge in [-0.3, -0.25) is 9.69 Å². The molecule has 0 spiro atoms. The fourth-order valence-corrected chi connectivity index (χ4v) is 3.70. The fourth-order valence-electron chi connectivity index (χ4n) is 2.80. The third kappa shape index (κ3) is 6.16. The van der Waals surface area contributed by atoms with E-state index in [1.807, 2.05) is 0 Å². The van der Waals surface area contributed by atoms with E-state index in [9.17, 15) is 4.79 Å². The molecule has 1 aromatic carbocycles. The maximum absolute atomic E-state index is 12.4. The summed E-state index contributed by atoms with van der Waals surface area (Å²) in [6, 6.07) is 1.45. The van der Waals surface area contributed by atoms with Crippen molar-refractivity contribution >= 4 is 58.0 Å². The van der Waals surface area contributed by atoms with Crippen LogP contribution in [0.4, 0.5) is 5.69 Å². The highest BCUT2D eigenvalue weighted by Gasteiger charge is 2.21. The second kappa shape index (κ2) is 10.2. The van der Waals surface area contributed by atoms with Crippen molar-refractivity contribution in [3.05, 3.63) is 26.2 Å². The second-order valence-electron chi connectivity index (χ2n) is 6.09. The summed E-state index contributed by atoms with van der Waals surface area (Å²) >= 11 is 24.3. The predicted octanol–water partition coefficient (Wildman–Crippen LogP) is 5.52. The van der Waals surface area contributed by atoms with E-state index < -0.39 is 0 Å². The molecule has 1 N–H and O–H groups in total. The van der Waals surface area contributed by atoms with Crippen molar-refractivity contribution in [3.63, 3.8) is 0 Å². The van der Waals surface area contributed by atoms with Crippen LogP contribution in [0.2, 0.25) is 20.1 Å². The molecular formula is C17H22Cl4N2O2. The number of anilines is 1. The molecule has 140 valence electrons. The van der Waals surface area contributed by atoms with Crippen molar-refractivity contribution in [1.29, 1.82) is 0 Å². The topological polar surface area (TPSA) is 41.6 Å². The van der Waals surface area contributed by atoms with Crippen LogP contribution >= 0.6 is 46.4 Å². The van der Waals surface area contributed by atoms with Crippen LogP contribution in [0.1, 0.15) is 32.6 Å². The van der Waals surface area contributed by atoms with Crippen LogP contribution in [0.3, 0.4) is 0 Å². The van der Waals surface area contributed by atoms with Crippen LogP contribution in [-0.4, -0.2) is 43.2 Å². The van der Waals surface area contributed by atoms with Gasteiger partial charge in [0.05, 0.1) is 38.4 Å². The summed E-state index contributed by atoms with van der Waals surface area (Å²) in [5, 5.41) is 3.60. The summed E-state index contributed by atoms with van der Waals surface area (Å²) in [7, 11) is 0. The number of nitrogens with one attached hydrogen (secondary N) is 1. The molecule has 1 aliphatic rings. The van der Waals surface area contributed by atoms with Crippen LogP contribution < -0.4 is 5.32 Å². The number of carbonyl (C=O) groups is 1. The normalized spacial score (nSPS) is 18.8. The lowest BCUT2D eigenvalue weighted by Crippen LogP contribution is -2.34. The minimum atomic E-state index is -0.199. The van der Waals surface area contributed by atoms with Crippen molar-refractivity contribution in [2.24, 2.45) is 0 Å². The Balaban J connectivity index is 1.93. The highest BCUT2D eigenvalue weighted by molar-refractivity contribution is 6.50. The van der Waals surface area contributed by atoms with Gasteiger partial charge in [-0.2, -0.15) is 0 Å². The highest BCUT2D eigenvalue weighted by atomic mass is 35.5. The summed E-state index contributed by atoms with van der Waals surface area (Å²) in [6.07, 6.45) is 4.26. The van der Waals surface area contributed by atoms with Gasteiger partial charge >= 0.3 is 0 Å². The standard InChI is InChI=1S/C17H22Cl4N2O2/c1-2-8-25-11-4-3-6-23(7-5-11)10-14(24)22-17-15(20)12(18)9-13(19)16(17)21/h9,11H,2-8,10H2,1H3,(H,22,24). The zero-order valence-corrected chi connectivity index (χ0v) is 17.1. The Morgan fingerprint density at radius 2 is 1.88 bits per heavy atom. The minimum Gasteiger partial charge on any atom is -0.378 e. The second-order valence-corrected chi connectivity index (χ2v) is 7.66. The van der Waals surface area contributed by atoms with Gasteiger partial charge in [-0.25, -0.2) is 0 Å². The number of halogens is 4. The zero-order chi connectivity index (χ0) is 18.4. The number of hydrogen-bond donors (Lipinski definition) is 1. The molecule has 0 saturated carbocycles. The van der Waals surface area contributed by atoms with Crippen molar-refractivity contribution in [3.8, 4) is 0 Å². The zero-order valence-electron chi connectivity index (χ0n) is 14.1. The lowest BCUT2D eigenvalue weighted by atomic mass is 10.2. The SMILES string of the molecule is CCCOC1CCCN(CC(=O)Nc2c(Cl)c(Cl)cc(Cl)c2Cl)CC1. The van der Waals surface area contributed by atoms with Crippen LogP contribution in [0.5, 0.6) is 0 Å². The number of likely N-dealkylation sites (tertiary alicyclic amines) is 1. The summed E-state index contributed by atoms with van der Waals surface area (Å²) in [4.78, 5) is 14.5. The first-order chi connectivity index (χ1) is 11.9. The Morgan fingerprint density at radius 1 is 1.20 bits per heavy atom. The lowest BCUT2D eigenvalue weighted by Gasteiger charge is -2.20. The van der Waals surface area contributed by atoms with E-state index in [1.54, 1.807) is 0 Å². The Bertz CT molecular complexity index is 587. The minimum absolute atomic E-state index is 0.188. The largest absolute Gasteiger partial charge is 0.378 e. The summed E-state index contributed by atoms with van der Waals surface area (Å²) < 4.78 is 5.83. The van der Waals surface area contributed by atoms with Crippen molar-refractivity contribution in [2.45, 2.75) is 38.7 Å². The maximum atomic E-state index is 12.4. The average Bonchev–Trinajstić information content (AvgIpc) is 2.80. The van der Waals surface area contributed by atoms with E-state index >= 15 is 0 Å². The molecule has 4 nitrogen and oxygen atoms in total. The van der Waals surface area contributed by atoms with Crippen molar-refractivity contribution < 1.29 is 9.53 Å². The van der Waals surface area contributed by atoms with E-state index in [2.05, 4.69) is 17.1 Å². The third-order valence-corrected chi connectivity index (χ3v) is 5.64. The van der Waals surface area contributed by atoms with E-state index in [4.69, 9.17) is 51.1 Å². The quantitative estimate of drug-likeness (QED) is 0.607. The monoisotopic (exact) mass is 426 g/mol. The van der Waals surface area contributed by atoms with Crippen LogP contribution in [0.15, 0.2) is 6.07 Å². The highest BCUT2D eigenvalue weighted by Crippen LogP contribution is 2.40. The Kier molecular flexibility index (Phi) is 8.59. The van der Waals surface area contributed by atoms with Gasteiger partial charge < -0.3 is 10.1 Å². The lowest BCUT2D eigenvalue weighted by molar-refractivity contribution is -0.117. The molecule has 1 atom stereocenters. The van der Waals surface area contributed by atoms with Gasteiger partial charge in [-0.1, -0.05) is 53.3 Å². The molecule has 1 heterocycles. The molecule has 1 amide bonds. The summed E-state index contributed by atoms with van der Waals surface area (Å²) in [5.74, 6) is -0.199. The molecule has 1 aliphatic heterocycles. The summed E-state index contributed by atoms with van der Waals surface area (Å²) in [6.45, 7) is 4.83. The fraction of sp³-hybridized carbons (Fsp3) is 0.588. The molecule has 1 unspecified atom stereocenters. The molecule has 1 fully saturated rings. The first-order valence-corrected chi connectivity index (χ1v) is 9.90. The Labute approximate surface area is 168 Å². The summed E-state index contributed by atoms with van der Waals surface area (Å²) in [5.41, 5.74) is 0.254. The average molecular weight is 428 g/mol. The van der Waals surface area contributed by atoms with Gasteiger partial charge in [0.25, 0.3) is 0 Å². The molecule has 2 rings (SSSR count). The first-order valence-electron chi connectivity index (χ1n) is 8.39. The predicted molar refractivity (Wildman–Crippen MR) is 105 cm³/mol. The van der Waals surface area contributed by atoms with Gasteiger partial charge in [-0.05, 0) is 38.3 Å². The van der Waals surface area contributed by atoms with Crippen LogP contribution in [-0.2, 0) is 9.53 Å². The Morgan fingerprint density at radius 3 is 2.52 bits per heavy atom. The molecule has 1 saturated heterocycles. The molecule has 25 heavy (non-hydrogen) atoms.